The van der Waals surface area contributed by atoms with Gasteiger partial charge in [-0.1, -0.05) is 52.5 Å². The van der Waals surface area contributed by atoms with Gasteiger partial charge in [0, 0.05) is 22.7 Å². The number of hydrogen-bond acceptors (Lipinski definition) is 4. The van der Waals surface area contributed by atoms with Crippen LogP contribution >= 0.6 is 46.4 Å². The van der Waals surface area contributed by atoms with Crippen molar-refractivity contribution in [1.82, 2.24) is 10.8 Å². The molecule has 0 saturated carbocycles. The van der Waals surface area contributed by atoms with Crippen molar-refractivity contribution < 1.29 is 27.5 Å². The molecule has 2 aromatic rings. The molecule has 34 heavy (non-hydrogen) atoms. The van der Waals surface area contributed by atoms with Gasteiger partial charge in [0.2, 0.25) is 5.60 Å². The van der Waals surface area contributed by atoms with Gasteiger partial charge in [0.05, 0.1) is 20.8 Å². The molecule has 0 fully saturated rings. The normalized spacial score (nSPS) is 18.4. The first kappa shape index (κ1) is 26.8. The molecule has 1 aliphatic heterocycles. The Labute approximate surface area is 214 Å². The van der Waals surface area contributed by atoms with Crippen molar-refractivity contribution >= 4 is 58.2 Å². The first-order chi connectivity index (χ1) is 15.6. The van der Waals surface area contributed by atoms with Crippen LogP contribution in [0.25, 0.3) is 5.70 Å². The maximum Gasteiger partial charge on any atom is 0.428 e. The van der Waals surface area contributed by atoms with Crippen molar-refractivity contribution in [3.05, 3.63) is 73.2 Å². The van der Waals surface area contributed by atoms with Gasteiger partial charge in [-0.3, -0.25) is 10.3 Å². The number of rotatable bonds is 4. The fourth-order valence-corrected chi connectivity index (χ4v) is 3.90. The number of ether oxygens (including phenoxy) is 1. The van der Waals surface area contributed by atoms with Crippen LogP contribution in [0.5, 0.6) is 0 Å². The van der Waals surface area contributed by atoms with Crippen LogP contribution in [-0.2, 0) is 21.7 Å². The number of carbonyl (C=O) groups is 1. The highest BCUT2D eigenvalue weighted by Crippen LogP contribution is 2.49. The molecule has 1 aliphatic rings. The second kappa shape index (κ2) is 9.66. The summed E-state index contributed by atoms with van der Waals surface area (Å²) in [4.78, 5) is 17.0. The fourth-order valence-electron chi connectivity index (χ4n) is 3.11. The third kappa shape index (κ3) is 5.69. The predicted octanol–water partition coefficient (Wildman–Crippen LogP) is 7.66. The van der Waals surface area contributed by atoms with Crippen molar-refractivity contribution in [2.75, 3.05) is 0 Å². The molecule has 3 rings (SSSR count). The summed E-state index contributed by atoms with van der Waals surface area (Å²) in [5, 5.41) is 2.49. The summed E-state index contributed by atoms with van der Waals surface area (Å²) in [6.07, 6.45) is -4.67. The topological polar surface area (TPSA) is 59.6 Å². The number of benzene rings is 2. The molecular formula is C22H19Cl4F3N2O3. The van der Waals surface area contributed by atoms with Crippen LogP contribution in [0.1, 0.15) is 37.5 Å². The summed E-state index contributed by atoms with van der Waals surface area (Å²) in [5.74, 6) is 0. The summed E-state index contributed by atoms with van der Waals surface area (Å²) in [7, 11) is 0. The first-order valence-corrected chi connectivity index (χ1v) is 11.3. The van der Waals surface area contributed by atoms with Gasteiger partial charge in [-0.15, -0.1) is 0 Å². The second-order valence-electron chi connectivity index (χ2n) is 8.41. The third-order valence-corrected chi connectivity index (χ3v) is 6.25. The number of halogens is 7. The largest absolute Gasteiger partial charge is 0.444 e. The number of alkyl carbamates (subject to hydrolysis) is 1. The van der Waals surface area contributed by atoms with Crippen molar-refractivity contribution in [2.24, 2.45) is 0 Å². The highest BCUT2D eigenvalue weighted by molar-refractivity contribution is 6.48. The van der Waals surface area contributed by atoms with Crippen LogP contribution in [0.2, 0.25) is 20.1 Å². The van der Waals surface area contributed by atoms with Gasteiger partial charge >= 0.3 is 12.3 Å². The molecule has 0 bridgehead atoms. The Morgan fingerprint density at radius 2 is 1.68 bits per heavy atom. The highest BCUT2D eigenvalue weighted by Gasteiger charge is 2.59. The maximum absolute atomic E-state index is 14.2. The predicted molar refractivity (Wildman–Crippen MR) is 126 cm³/mol. The van der Waals surface area contributed by atoms with Crippen LogP contribution < -0.4 is 10.8 Å². The van der Waals surface area contributed by atoms with Gasteiger partial charge in [0.15, 0.2) is 0 Å². The minimum atomic E-state index is -4.88. The Morgan fingerprint density at radius 3 is 2.24 bits per heavy atom. The fraction of sp³-hybridized carbons (Fsp3) is 0.318. The molecule has 2 aromatic carbocycles. The standard InChI is InChI=1S/C22H19Cl4F3N2O3/c1-20(2,3)33-19(32)30-10-12-6-11(4-5-14(12)23)17-9-21(34-31-17,22(27,28)29)13-7-15(24)18(26)16(25)8-13/h4-9,31H,10H2,1-3H3,(H,30,32). The smallest absolute Gasteiger partial charge is 0.428 e. The zero-order valence-electron chi connectivity index (χ0n) is 18.0. The SMILES string of the molecule is CC(C)(C)OC(=O)NCc1cc(C2=CC(c3cc(Cl)c(Cl)c(Cl)c3)(C(F)(F)F)ON2)ccc1Cl. The lowest BCUT2D eigenvalue weighted by Gasteiger charge is -2.29. The molecule has 0 radical (unpaired) electrons. The van der Waals surface area contributed by atoms with E-state index in [1.54, 1.807) is 20.8 Å². The highest BCUT2D eigenvalue weighted by atomic mass is 35.5. The molecule has 1 atom stereocenters. The summed E-state index contributed by atoms with van der Waals surface area (Å²) in [5.41, 5.74) is -0.789. The number of carbonyl (C=O) groups excluding carboxylic acids is 1. The average molecular weight is 558 g/mol. The van der Waals surface area contributed by atoms with Gasteiger partial charge in [-0.05, 0) is 56.7 Å². The summed E-state index contributed by atoms with van der Waals surface area (Å²) in [6.45, 7) is 5.13. The second-order valence-corrected chi connectivity index (χ2v) is 10.0. The van der Waals surface area contributed by atoms with Gasteiger partial charge < -0.3 is 10.1 Å². The molecule has 0 aromatic heterocycles. The van der Waals surface area contributed by atoms with E-state index in [-0.39, 0.29) is 32.9 Å². The molecule has 12 heteroatoms. The number of nitrogens with one attached hydrogen (secondary N) is 2. The number of alkyl halides is 3. The van der Waals surface area contributed by atoms with Crippen LogP contribution in [0.15, 0.2) is 36.4 Å². The maximum atomic E-state index is 14.2. The molecule has 0 saturated heterocycles. The van der Waals surface area contributed by atoms with E-state index >= 15 is 0 Å². The lowest BCUT2D eigenvalue weighted by molar-refractivity contribution is -0.269. The summed E-state index contributed by atoms with van der Waals surface area (Å²) < 4.78 is 47.9. The van der Waals surface area contributed by atoms with Crippen LogP contribution in [0.4, 0.5) is 18.0 Å². The summed E-state index contributed by atoms with van der Waals surface area (Å²) >= 11 is 24.0. The number of hydroxylamine groups is 1. The molecule has 1 amide bonds. The van der Waals surface area contributed by atoms with Gasteiger partial charge in [0.1, 0.15) is 5.60 Å². The number of amides is 1. The van der Waals surface area contributed by atoms with Crippen LogP contribution in [-0.4, -0.2) is 17.9 Å². The van der Waals surface area contributed by atoms with Gasteiger partial charge in [-0.25, -0.2) is 4.79 Å². The molecule has 2 N–H and O–H groups in total. The van der Waals surface area contributed by atoms with E-state index in [9.17, 15) is 18.0 Å². The van der Waals surface area contributed by atoms with Crippen molar-refractivity contribution in [3.63, 3.8) is 0 Å². The first-order valence-electron chi connectivity index (χ1n) is 9.77. The van der Waals surface area contributed by atoms with Crippen molar-refractivity contribution in [2.45, 2.75) is 44.7 Å². The van der Waals surface area contributed by atoms with E-state index in [1.807, 2.05) is 0 Å². The molecule has 184 valence electrons. The molecule has 0 aliphatic carbocycles. The van der Waals surface area contributed by atoms with E-state index in [2.05, 4.69) is 10.8 Å². The van der Waals surface area contributed by atoms with Gasteiger partial charge in [0.25, 0.3) is 0 Å². The Kier molecular flexibility index (Phi) is 7.60. The van der Waals surface area contributed by atoms with Crippen molar-refractivity contribution in [3.8, 4) is 0 Å². The lowest BCUT2D eigenvalue weighted by Crippen LogP contribution is -2.42. The van der Waals surface area contributed by atoms with E-state index in [0.29, 0.717) is 16.1 Å². The van der Waals surface area contributed by atoms with Crippen LogP contribution in [0.3, 0.4) is 0 Å². The van der Waals surface area contributed by atoms with Crippen LogP contribution in [0, 0.1) is 0 Å². The molecule has 1 unspecified atom stereocenters. The Bertz CT molecular complexity index is 1130. The average Bonchev–Trinajstić information content (AvgIpc) is 3.16. The van der Waals surface area contributed by atoms with E-state index < -0.39 is 23.5 Å². The molecule has 0 spiro atoms. The third-order valence-electron chi connectivity index (χ3n) is 4.68. The summed E-state index contributed by atoms with van der Waals surface area (Å²) in [6, 6.07) is 6.62. The Balaban J connectivity index is 1.95. The zero-order valence-corrected chi connectivity index (χ0v) is 21.1. The van der Waals surface area contributed by atoms with E-state index in [1.165, 1.54) is 18.2 Å². The van der Waals surface area contributed by atoms with E-state index in [4.69, 9.17) is 56.0 Å². The van der Waals surface area contributed by atoms with E-state index in [0.717, 1.165) is 18.2 Å². The minimum absolute atomic E-state index is 0.0114. The van der Waals surface area contributed by atoms with Gasteiger partial charge in [-0.2, -0.15) is 13.2 Å². The molecule has 1 heterocycles. The van der Waals surface area contributed by atoms with Crippen molar-refractivity contribution in [1.29, 1.82) is 0 Å². The lowest BCUT2D eigenvalue weighted by atomic mass is 9.91. The quantitative estimate of drug-likeness (QED) is 0.379. The molecular weight excluding hydrogens is 539 g/mol. The number of hydrogen-bond donors (Lipinski definition) is 2. The minimum Gasteiger partial charge on any atom is -0.444 e. The monoisotopic (exact) mass is 556 g/mol. The Morgan fingerprint density at radius 1 is 1.06 bits per heavy atom. The molecule has 5 nitrogen and oxygen atoms in total. The zero-order chi connectivity index (χ0) is 25.5. The Hall–Kier alpha value is -1.84.